The number of benzene rings is 1. The standard InChI is InChI=1S/C15H17N3O3/c1-3-21-15(20)12(9-13-16-10-18(2)17-13)14(19)11-7-5-4-6-8-11/h4-8,10,12H,3,9H2,1-2H3. The van der Waals surface area contributed by atoms with Gasteiger partial charge in [-0.3, -0.25) is 14.3 Å². The van der Waals surface area contributed by atoms with E-state index in [1.807, 2.05) is 6.07 Å². The van der Waals surface area contributed by atoms with Crippen LogP contribution >= 0.6 is 0 Å². The molecule has 0 saturated heterocycles. The summed E-state index contributed by atoms with van der Waals surface area (Å²) in [4.78, 5) is 28.6. The summed E-state index contributed by atoms with van der Waals surface area (Å²) in [6.07, 6.45) is 1.66. The van der Waals surface area contributed by atoms with Crippen molar-refractivity contribution in [2.45, 2.75) is 13.3 Å². The molecule has 0 aliphatic rings. The van der Waals surface area contributed by atoms with Gasteiger partial charge in [0.15, 0.2) is 11.6 Å². The van der Waals surface area contributed by atoms with Crippen molar-refractivity contribution in [1.82, 2.24) is 14.8 Å². The third kappa shape index (κ3) is 3.75. The quantitative estimate of drug-likeness (QED) is 0.456. The van der Waals surface area contributed by atoms with Crippen LogP contribution in [0.5, 0.6) is 0 Å². The van der Waals surface area contributed by atoms with Crippen molar-refractivity contribution in [3.63, 3.8) is 0 Å². The Morgan fingerprint density at radius 2 is 2.00 bits per heavy atom. The van der Waals surface area contributed by atoms with Crippen LogP contribution in [0.25, 0.3) is 0 Å². The van der Waals surface area contributed by atoms with E-state index in [2.05, 4.69) is 10.1 Å². The van der Waals surface area contributed by atoms with Gasteiger partial charge < -0.3 is 4.74 Å². The SMILES string of the molecule is CCOC(=O)C(Cc1ncn(C)n1)C(=O)c1ccccc1. The molecule has 0 amide bonds. The first-order valence-electron chi connectivity index (χ1n) is 6.72. The van der Waals surface area contributed by atoms with Crippen molar-refractivity contribution in [2.24, 2.45) is 13.0 Å². The van der Waals surface area contributed by atoms with Gasteiger partial charge in [-0.05, 0) is 6.92 Å². The summed E-state index contributed by atoms with van der Waals surface area (Å²) < 4.78 is 6.54. The molecule has 0 spiro atoms. The van der Waals surface area contributed by atoms with E-state index in [1.165, 1.54) is 11.0 Å². The van der Waals surface area contributed by atoms with Crippen molar-refractivity contribution in [1.29, 1.82) is 0 Å². The van der Waals surface area contributed by atoms with E-state index >= 15 is 0 Å². The number of ketones is 1. The second-order valence-corrected chi connectivity index (χ2v) is 4.57. The van der Waals surface area contributed by atoms with Crippen LogP contribution in [0.1, 0.15) is 23.1 Å². The van der Waals surface area contributed by atoms with Gasteiger partial charge in [0, 0.05) is 19.0 Å². The van der Waals surface area contributed by atoms with Gasteiger partial charge >= 0.3 is 5.97 Å². The van der Waals surface area contributed by atoms with E-state index in [0.717, 1.165) is 0 Å². The molecule has 1 atom stereocenters. The molecule has 0 radical (unpaired) electrons. The van der Waals surface area contributed by atoms with Crippen LogP contribution in [-0.4, -0.2) is 33.1 Å². The van der Waals surface area contributed by atoms with E-state index in [9.17, 15) is 9.59 Å². The number of hydrogen-bond donors (Lipinski definition) is 0. The fourth-order valence-corrected chi connectivity index (χ4v) is 1.99. The lowest BCUT2D eigenvalue weighted by atomic mass is 9.94. The van der Waals surface area contributed by atoms with Gasteiger partial charge in [-0.25, -0.2) is 4.98 Å². The molecule has 21 heavy (non-hydrogen) atoms. The number of rotatable bonds is 6. The van der Waals surface area contributed by atoms with Crippen LogP contribution < -0.4 is 0 Å². The predicted octanol–water partition coefficient (Wildman–Crippen LogP) is 1.42. The van der Waals surface area contributed by atoms with Gasteiger partial charge in [0.1, 0.15) is 12.2 Å². The smallest absolute Gasteiger partial charge is 0.317 e. The topological polar surface area (TPSA) is 74.1 Å². The van der Waals surface area contributed by atoms with Crippen LogP contribution in [0.2, 0.25) is 0 Å². The van der Waals surface area contributed by atoms with Gasteiger partial charge in [0.05, 0.1) is 6.61 Å². The minimum absolute atomic E-state index is 0.132. The largest absolute Gasteiger partial charge is 0.465 e. The highest BCUT2D eigenvalue weighted by Gasteiger charge is 2.30. The molecular weight excluding hydrogens is 270 g/mol. The lowest BCUT2D eigenvalue weighted by Gasteiger charge is -2.13. The molecular formula is C15H17N3O3. The summed E-state index contributed by atoms with van der Waals surface area (Å²) in [6.45, 7) is 1.94. The van der Waals surface area contributed by atoms with E-state index in [1.54, 1.807) is 38.2 Å². The van der Waals surface area contributed by atoms with Crippen LogP contribution in [-0.2, 0) is 23.0 Å². The van der Waals surface area contributed by atoms with Crippen LogP contribution in [0.3, 0.4) is 0 Å². The average Bonchev–Trinajstić information content (AvgIpc) is 2.90. The molecule has 110 valence electrons. The molecule has 2 aromatic rings. The highest BCUT2D eigenvalue weighted by Crippen LogP contribution is 2.15. The van der Waals surface area contributed by atoms with E-state index in [0.29, 0.717) is 11.4 Å². The van der Waals surface area contributed by atoms with Gasteiger partial charge in [-0.1, -0.05) is 30.3 Å². The molecule has 6 nitrogen and oxygen atoms in total. The number of aromatic nitrogens is 3. The maximum absolute atomic E-state index is 12.5. The first-order chi connectivity index (χ1) is 10.1. The zero-order chi connectivity index (χ0) is 15.2. The number of carbonyl (C=O) groups excluding carboxylic acids is 2. The third-order valence-corrected chi connectivity index (χ3v) is 2.98. The normalized spacial score (nSPS) is 11.9. The Bertz CT molecular complexity index is 622. The van der Waals surface area contributed by atoms with E-state index in [4.69, 9.17) is 4.74 Å². The van der Waals surface area contributed by atoms with Gasteiger partial charge in [0.2, 0.25) is 0 Å². The number of Topliss-reactive ketones (excluding diaryl/α,β-unsaturated/α-hetero) is 1. The lowest BCUT2D eigenvalue weighted by Crippen LogP contribution is -2.29. The summed E-state index contributed by atoms with van der Waals surface area (Å²) >= 11 is 0. The van der Waals surface area contributed by atoms with Crippen LogP contribution in [0.15, 0.2) is 36.7 Å². The number of ether oxygens (including phenoxy) is 1. The maximum Gasteiger partial charge on any atom is 0.317 e. The van der Waals surface area contributed by atoms with E-state index in [-0.39, 0.29) is 18.8 Å². The zero-order valence-electron chi connectivity index (χ0n) is 12.0. The molecule has 0 N–H and O–H groups in total. The number of esters is 1. The molecule has 0 bridgehead atoms. The van der Waals surface area contributed by atoms with Gasteiger partial charge in [-0.2, -0.15) is 5.10 Å². The molecule has 0 aliphatic carbocycles. The van der Waals surface area contributed by atoms with Crippen molar-refractivity contribution in [3.05, 3.63) is 48.0 Å². The molecule has 6 heteroatoms. The Morgan fingerprint density at radius 3 is 2.57 bits per heavy atom. The summed E-state index contributed by atoms with van der Waals surface area (Å²) in [6, 6.07) is 8.69. The van der Waals surface area contributed by atoms with Crippen molar-refractivity contribution in [2.75, 3.05) is 6.61 Å². The highest BCUT2D eigenvalue weighted by atomic mass is 16.5. The van der Waals surface area contributed by atoms with Crippen molar-refractivity contribution < 1.29 is 14.3 Å². The van der Waals surface area contributed by atoms with Crippen molar-refractivity contribution >= 4 is 11.8 Å². The molecule has 1 unspecified atom stereocenters. The van der Waals surface area contributed by atoms with E-state index < -0.39 is 11.9 Å². The molecule has 0 aliphatic heterocycles. The van der Waals surface area contributed by atoms with Crippen LogP contribution in [0, 0.1) is 5.92 Å². The lowest BCUT2D eigenvalue weighted by molar-refractivity contribution is -0.146. The maximum atomic E-state index is 12.5. The summed E-state index contributed by atoms with van der Waals surface area (Å²) in [5.74, 6) is -1.30. The third-order valence-electron chi connectivity index (χ3n) is 2.98. The Kier molecular flexibility index (Phi) is 4.81. The first-order valence-corrected chi connectivity index (χ1v) is 6.72. The zero-order valence-corrected chi connectivity index (χ0v) is 12.0. The summed E-state index contributed by atoms with van der Waals surface area (Å²) in [7, 11) is 1.73. The van der Waals surface area contributed by atoms with Gasteiger partial charge in [-0.15, -0.1) is 0 Å². The Balaban J connectivity index is 2.23. The monoisotopic (exact) mass is 287 g/mol. The highest BCUT2D eigenvalue weighted by molar-refractivity contribution is 6.08. The Morgan fingerprint density at radius 1 is 1.29 bits per heavy atom. The van der Waals surface area contributed by atoms with Crippen molar-refractivity contribution in [3.8, 4) is 0 Å². The number of aryl methyl sites for hydroxylation is 1. The summed E-state index contributed by atoms with van der Waals surface area (Å²) in [5, 5.41) is 4.11. The minimum Gasteiger partial charge on any atom is -0.465 e. The van der Waals surface area contributed by atoms with Crippen LogP contribution in [0.4, 0.5) is 0 Å². The molecule has 0 saturated carbocycles. The number of nitrogens with zero attached hydrogens (tertiary/aromatic N) is 3. The van der Waals surface area contributed by atoms with Gasteiger partial charge in [0.25, 0.3) is 0 Å². The predicted molar refractivity (Wildman–Crippen MR) is 75.6 cm³/mol. The fraction of sp³-hybridized carbons (Fsp3) is 0.333. The fourth-order valence-electron chi connectivity index (χ4n) is 1.99. The molecule has 2 rings (SSSR count). The molecule has 1 aromatic heterocycles. The molecule has 1 aromatic carbocycles. The summed E-state index contributed by atoms with van der Waals surface area (Å²) in [5.41, 5.74) is 0.478. The Hall–Kier alpha value is -2.50. The average molecular weight is 287 g/mol. The number of hydrogen-bond acceptors (Lipinski definition) is 5. The first kappa shape index (κ1) is 14.9. The minimum atomic E-state index is -0.922. The second kappa shape index (κ2) is 6.78. The second-order valence-electron chi connectivity index (χ2n) is 4.57. The number of carbonyl (C=O) groups is 2. The molecule has 1 heterocycles. The Labute approximate surface area is 122 Å². The molecule has 0 fully saturated rings.